The zero-order valence-corrected chi connectivity index (χ0v) is 5.72. The number of aldehydes is 1. The Bertz CT molecular complexity index is 114. The first-order chi connectivity index (χ1) is 3.43. The van der Waals surface area contributed by atoms with Crippen LogP contribution in [0.3, 0.4) is 0 Å². The van der Waals surface area contributed by atoms with Crippen LogP contribution in [0, 0.1) is 5.92 Å². The molecule has 1 nitrogen and oxygen atoms in total. The molecule has 0 aliphatic heterocycles. The number of rotatable bonds is 1. The normalized spacial score (nSPS) is 16.0. The molecule has 0 saturated heterocycles. The maximum Gasteiger partial charge on any atom is 0.130 e. The molecule has 0 saturated carbocycles. The van der Waals surface area contributed by atoms with E-state index in [2.05, 4.69) is 0 Å². The first kappa shape index (κ1) is 7.73. The van der Waals surface area contributed by atoms with Crippen molar-refractivity contribution in [2.45, 2.75) is 0 Å². The molecule has 2 heteroatoms. The van der Waals surface area contributed by atoms with Crippen molar-refractivity contribution in [1.29, 1.82) is 0 Å². The molecular weight excluding hydrogens is 139 g/mol. The van der Waals surface area contributed by atoms with Crippen LogP contribution in [-0.2, 0) is 23.4 Å². The molecular formula is C6H6OV. The summed E-state index contributed by atoms with van der Waals surface area (Å²) in [5, 5.41) is 0. The summed E-state index contributed by atoms with van der Waals surface area (Å²) < 4.78 is 0. The third-order valence-corrected chi connectivity index (χ3v) is 0.935. The zero-order valence-electron chi connectivity index (χ0n) is 4.32. The molecule has 0 N–H and O–H groups in total. The Morgan fingerprint density at radius 2 is 1.75 bits per heavy atom. The molecule has 0 amide bonds. The molecule has 1 aliphatic carbocycles. The molecule has 0 unspecified atom stereocenters. The van der Waals surface area contributed by atoms with Crippen LogP contribution in [0.25, 0.3) is 0 Å². The van der Waals surface area contributed by atoms with Gasteiger partial charge in [-0.15, -0.1) is 0 Å². The van der Waals surface area contributed by atoms with E-state index < -0.39 is 0 Å². The van der Waals surface area contributed by atoms with E-state index in [1.165, 1.54) is 0 Å². The van der Waals surface area contributed by atoms with Gasteiger partial charge in [0.15, 0.2) is 0 Å². The summed E-state index contributed by atoms with van der Waals surface area (Å²) in [5.74, 6) is 0.0556. The fourth-order valence-electron chi connectivity index (χ4n) is 0.540. The van der Waals surface area contributed by atoms with Gasteiger partial charge >= 0.3 is 0 Å². The van der Waals surface area contributed by atoms with Crippen LogP contribution in [0.1, 0.15) is 0 Å². The summed E-state index contributed by atoms with van der Waals surface area (Å²) in [6.45, 7) is 0. The second kappa shape index (κ2) is 3.70. The van der Waals surface area contributed by atoms with Crippen LogP contribution in [0.2, 0.25) is 0 Å². The molecule has 0 heterocycles. The van der Waals surface area contributed by atoms with Gasteiger partial charge in [-0.05, 0) is 0 Å². The second-order valence-corrected chi connectivity index (χ2v) is 1.48. The molecule has 0 aromatic heterocycles. The van der Waals surface area contributed by atoms with Gasteiger partial charge in [0.05, 0.1) is 5.92 Å². The van der Waals surface area contributed by atoms with Gasteiger partial charge in [0.2, 0.25) is 0 Å². The first-order valence-corrected chi connectivity index (χ1v) is 2.24. The quantitative estimate of drug-likeness (QED) is 0.501. The van der Waals surface area contributed by atoms with E-state index in [1.54, 1.807) is 0 Å². The van der Waals surface area contributed by atoms with Crippen LogP contribution in [-0.4, -0.2) is 6.29 Å². The maximum atomic E-state index is 9.90. The topological polar surface area (TPSA) is 17.1 Å². The van der Waals surface area contributed by atoms with E-state index in [0.717, 1.165) is 6.29 Å². The van der Waals surface area contributed by atoms with Gasteiger partial charge in [-0.25, -0.2) is 0 Å². The monoisotopic (exact) mass is 145 g/mol. The van der Waals surface area contributed by atoms with Gasteiger partial charge in [0, 0.05) is 18.6 Å². The molecule has 0 bridgehead atoms. The summed E-state index contributed by atoms with van der Waals surface area (Å²) in [7, 11) is 0. The fraction of sp³-hybridized carbons (Fsp3) is 0.167. The molecule has 41 valence electrons. The summed E-state index contributed by atoms with van der Waals surface area (Å²) in [4.78, 5) is 9.90. The summed E-state index contributed by atoms with van der Waals surface area (Å²) in [6.07, 6.45) is 8.37. The number of hydrogen-bond acceptors (Lipinski definition) is 1. The van der Waals surface area contributed by atoms with Crippen molar-refractivity contribution in [2.75, 3.05) is 0 Å². The average molecular weight is 145 g/mol. The van der Waals surface area contributed by atoms with E-state index >= 15 is 0 Å². The standard InChI is InChI=1S/C6H6O.V/c7-5-6-3-1-2-4-6;/h1-6H;. The number of allylic oxidation sites excluding steroid dienone is 4. The van der Waals surface area contributed by atoms with Gasteiger partial charge in [-0.3, -0.25) is 0 Å². The molecule has 1 radical (unpaired) electrons. The molecule has 0 spiro atoms. The van der Waals surface area contributed by atoms with Crippen molar-refractivity contribution in [2.24, 2.45) is 5.92 Å². The van der Waals surface area contributed by atoms with Crippen LogP contribution >= 0.6 is 0 Å². The van der Waals surface area contributed by atoms with E-state index in [-0.39, 0.29) is 24.5 Å². The van der Waals surface area contributed by atoms with E-state index in [1.807, 2.05) is 24.3 Å². The van der Waals surface area contributed by atoms with Gasteiger partial charge in [0.1, 0.15) is 6.29 Å². The summed E-state index contributed by atoms with van der Waals surface area (Å²) in [6, 6.07) is 0. The molecule has 0 atom stereocenters. The van der Waals surface area contributed by atoms with Crippen LogP contribution in [0.15, 0.2) is 24.3 Å². The Morgan fingerprint density at radius 1 is 1.25 bits per heavy atom. The minimum Gasteiger partial charge on any atom is -0.302 e. The largest absolute Gasteiger partial charge is 0.302 e. The maximum absolute atomic E-state index is 9.90. The van der Waals surface area contributed by atoms with Crippen molar-refractivity contribution < 1.29 is 23.4 Å². The van der Waals surface area contributed by atoms with Crippen LogP contribution in [0.4, 0.5) is 0 Å². The minimum atomic E-state index is 0. The minimum absolute atomic E-state index is 0. The Balaban J connectivity index is 0.000000490. The zero-order chi connectivity index (χ0) is 5.11. The van der Waals surface area contributed by atoms with Gasteiger partial charge in [-0.2, -0.15) is 0 Å². The number of carbonyl (C=O) groups excluding carboxylic acids is 1. The average Bonchev–Trinajstić information content (AvgIpc) is 2.14. The Morgan fingerprint density at radius 3 is 2.00 bits per heavy atom. The smallest absolute Gasteiger partial charge is 0.130 e. The van der Waals surface area contributed by atoms with Crippen molar-refractivity contribution in [3.63, 3.8) is 0 Å². The van der Waals surface area contributed by atoms with Crippen LogP contribution < -0.4 is 0 Å². The Labute approximate surface area is 60.3 Å². The van der Waals surface area contributed by atoms with Crippen molar-refractivity contribution in [3.05, 3.63) is 24.3 Å². The van der Waals surface area contributed by atoms with Gasteiger partial charge in [-0.1, -0.05) is 24.3 Å². The molecule has 0 aromatic carbocycles. The van der Waals surface area contributed by atoms with Gasteiger partial charge < -0.3 is 4.79 Å². The molecule has 0 aromatic rings. The molecule has 0 fully saturated rings. The third-order valence-electron chi connectivity index (χ3n) is 0.935. The fourth-order valence-corrected chi connectivity index (χ4v) is 0.540. The number of hydrogen-bond donors (Lipinski definition) is 0. The van der Waals surface area contributed by atoms with E-state index in [0.29, 0.717) is 0 Å². The Kier molecular flexibility index (Phi) is 3.58. The number of carbonyl (C=O) groups is 1. The van der Waals surface area contributed by atoms with E-state index in [4.69, 9.17) is 0 Å². The van der Waals surface area contributed by atoms with E-state index in [9.17, 15) is 4.79 Å². The van der Waals surface area contributed by atoms with Crippen molar-refractivity contribution >= 4 is 6.29 Å². The summed E-state index contributed by atoms with van der Waals surface area (Å²) in [5.41, 5.74) is 0. The predicted octanol–water partition coefficient (Wildman–Crippen LogP) is 0.925. The molecule has 8 heavy (non-hydrogen) atoms. The van der Waals surface area contributed by atoms with Crippen molar-refractivity contribution in [3.8, 4) is 0 Å². The van der Waals surface area contributed by atoms with Gasteiger partial charge in [0.25, 0.3) is 0 Å². The molecule has 1 aliphatic rings. The summed E-state index contributed by atoms with van der Waals surface area (Å²) >= 11 is 0. The third kappa shape index (κ3) is 1.68. The SMILES string of the molecule is O=CC1C=CC=C1.[V]. The van der Waals surface area contributed by atoms with Crippen LogP contribution in [0.5, 0.6) is 0 Å². The second-order valence-electron chi connectivity index (χ2n) is 1.48. The first-order valence-electron chi connectivity index (χ1n) is 2.24. The Hall–Kier alpha value is -0.266. The molecule has 1 rings (SSSR count). The van der Waals surface area contributed by atoms with Crippen molar-refractivity contribution in [1.82, 2.24) is 0 Å². The predicted molar refractivity (Wildman–Crippen MR) is 27.8 cm³/mol.